The highest BCUT2D eigenvalue weighted by molar-refractivity contribution is 7.00. The van der Waals surface area contributed by atoms with Crippen molar-refractivity contribution in [3.8, 4) is 11.4 Å². The monoisotopic (exact) mass is 1060 g/mol. The molecule has 2 nitrogen and oxygen atoms in total. The van der Waals surface area contributed by atoms with Crippen LogP contribution in [0.15, 0.2) is 97.1 Å². The van der Waals surface area contributed by atoms with Crippen LogP contribution in [0.5, 0.6) is 0 Å². The van der Waals surface area contributed by atoms with Gasteiger partial charge in [0.15, 0.2) is 0 Å². The smallest absolute Gasteiger partial charge is 0.247 e. The van der Waals surface area contributed by atoms with E-state index >= 15 is 0 Å². The van der Waals surface area contributed by atoms with Gasteiger partial charge in [-0.3, -0.25) is 0 Å². The normalized spacial score (nSPS) is 14.6. The van der Waals surface area contributed by atoms with E-state index in [0.29, 0.717) is 0 Å². The first-order valence-corrected chi connectivity index (χ1v) is 30.3. The molecule has 0 saturated carbocycles. The van der Waals surface area contributed by atoms with Crippen molar-refractivity contribution < 1.29 is 0 Å². The Balaban J connectivity index is 1.44. The summed E-state index contributed by atoms with van der Waals surface area (Å²) in [5.74, 6) is 0. The summed E-state index contributed by atoms with van der Waals surface area (Å²) in [6, 6.07) is 40.9. The standard InChI is InChI=1S/C76H94B2N2/c1-43-27-29-61-49(31-43)51-33-45(69(3,4)5)39-59-67(51)79(61)63-41-58-64(42-57(63)77(59)65-53(73(15,16)17)35-47(71(9,10)11)36-54(65)74(18,19)20)80-62-30-28-44(2)32-50(62)52-34-46(70(6,7)8)40-60(68(52)80)78(58)66-55(75(21,22)23)37-48(72(12,13)14)38-56(66)76(24,25)26/h27-42H,1-26H3. The van der Waals surface area contributed by atoms with Gasteiger partial charge in [0.1, 0.15) is 0 Å². The molecular weight excluding hydrogens is 962 g/mol. The van der Waals surface area contributed by atoms with Gasteiger partial charge >= 0.3 is 0 Å². The van der Waals surface area contributed by atoms with Gasteiger partial charge in [0.05, 0.1) is 11.0 Å². The molecule has 0 bridgehead atoms. The van der Waals surface area contributed by atoms with E-state index in [1.54, 1.807) is 0 Å². The van der Waals surface area contributed by atoms with Crippen LogP contribution < -0.4 is 32.8 Å². The molecule has 0 fully saturated rings. The zero-order chi connectivity index (χ0) is 58.6. The van der Waals surface area contributed by atoms with Crippen LogP contribution in [0.3, 0.4) is 0 Å². The average molecular weight is 1060 g/mol. The van der Waals surface area contributed by atoms with Gasteiger partial charge in [-0.25, -0.2) is 0 Å². The maximum absolute atomic E-state index is 2.74. The van der Waals surface area contributed by atoms with E-state index in [1.165, 1.54) is 143 Å². The number of fused-ring (bicyclic) bond motifs is 10. The third-order valence-electron chi connectivity index (χ3n) is 18.6. The highest BCUT2D eigenvalue weighted by Crippen LogP contribution is 2.43. The number of aromatic nitrogens is 2. The summed E-state index contributed by atoms with van der Waals surface area (Å²) in [4.78, 5) is 0. The molecular formula is C76H94B2N2. The maximum atomic E-state index is 2.74. The second kappa shape index (κ2) is 17.4. The van der Waals surface area contributed by atoms with Gasteiger partial charge in [-0.15, -0.1) is 0 Å². The van der Waals surface area contributed by atoms with Gasteiger partial charge in [0.2, 0.25) is 13.4 Å². The lowest BCUT2D eigenvalue weighted by Crippen LogP contribution is -2.63. The molecule has 2 aliphatic rings. The Morgan fingerprint density at radius 3 is 0.812 bits per heavy atom. The number of nitrogens with zero attached hydrogens (tertiary/aromatic N) is 2. The molecule has 2 aromatic heterocycles. The molecule has 0 radical (unpaired) electrons. The fraction of sp³-hybridized carbons (Fsp3) is 0.447. The molecule has 0 amide bonds. The van der Waals surface area contributed by atoms with E-state index in [4.69, 9.17) is 0 Å². The predicted octanol–water partition coefficient (Wildman–Crippen LogP) is 16.5. The van der Waals surface area contributed by atoms with Crippen molar-refractivity contribution in [3.05, 3.63) is 153 Å². The van der Waals surface area contributed by atoms with Gasteiger partial charge in [-0.2, -0.15) is 0 Å². The molecule has 2 aliphatic heterocycles. The SMILES string of the molecule is Cc1ccc2c(c1)c1cc(C(C)(C)C)cc3c1n2-c1cc2c(cc1B3c1c(C(C)(C)C)cc(C(C)(C)C)cc1C(C)(C)C)-n1c3ccc(C)cc3c3cc(C(C)(C)C)cc(c31)B2c1c(C(C)(C)C)cc(C(C)(C)C)cc1C(C)(C)C. The third kappa shape index (κ3) is 8.80. The Kier molecular flexibility index (Phi) is 12.2. The van der Waals surface area contributed by atoms with Crippen molar-refractivity contribution >= 4 is 89.8 Å². The van der Waals surface area contributed by atoms with Gasteiger partial charge in [-0.1, -0.05) is 237 Å². The van der Waals surface area contributed by atoms with E-state index < -0.39 is 0 Å². The van der Waals surface area contributed by atoms with Crippen LogP contribution in [0.2, 0.25) is 0 Å². The maximum Gasteiger partial charge on any atom is 0.247 e. The molecule has 0 N–H and O–H groups in total. The van der Waals surface area contributed by atoms with Crippen LogP contribution in [-0.4, -0.2) is 22.6 Å². The summed E-state index contributed by atoms with van der Waals surface area (Å²) in [5.41, 5.74) is 29.5. The van der Waals surface area contributed by atoms with E-state index in [9.17, 15) is 0 Å². The number of rotatable bonds is 2. The zero-order valence-corrected chi connectivity index (χ0v) is 54.3. The largest absolute Gasteiger partial charge is 0.310 e. The van der Waals surface area contributed by atoms with Crippen molar-refractivity contribution in [3.63, 3.8) is 0 Å². The highest BCUT2D eigenvalue weighted by atomic mass is 15.0. The summed E-state index contributed by atoms with van der Waals surface area (Å²) in [6.07, 6.45) is 0. The molecule has 0 atom stereocenters. The van der Waals surface area contributed by atoms with Crippen LogP contribution in [0.4, 0.5) is 0 Å². The molecule has 0 aliphatic carbocycles. The molecule has 4 heterocycles. The number of aryl methyl sites for hydroxylation is 2. The molecule has 9 aromatic rings. The lowest BCUT2D eigenvalue weighted by Gasteiger charge is -2.40. The number of hydrogen-bond donors (Lipinski definition) is 0. The van der Waals surface area contributed by atoms with Crippen LogP contribution in [0.1, 0.15) is 222 Å². The topological polar surface area (TPSA) is 9.86 Å². The second-order valence-corrected chi connectivity index (χ2v) is 33.4. The first kappa shape index (κ1) is 56.1. The summed E-state index contributed by atoms with van der Waals surface area (Å²) >= 11 is 0. The fourth-order valence-corrected chi connectivity index (χ4v) is 14.1. The van der Waals surface area contributed by atoms with Crippen LogP contribution in [-0.2, 0) is 43.3 Å². The summed E-state index contributed by atoms with van der Waals surface area (Å²) in [7, 11) is 0. The predicted molar refractivity (Wildman–Crippen MR) is 356 cm³/mol. The first-order valence-electron chi connectivity index (χ1n) is 30.3. The van der Waals surface area contributed by atoms with Crippen molar-refractivity contribution in [2.24, 2.45) is 0 Å². The molecule has 0 saturated heterocycles. The molecule has 80 heavy (non-hydrogen) atoms. The Bertz CT molecular complexity index is 3750. The Hall–Kier alpha value is -5.73. The van der Waals surface area contributed by atoms with Crippen molar-refractivity contribution in [2.45, 2.75) is 223 Å². The Morgan fingerprint density at radius 2 is 0.550 bits per heavy atom. The summed E-state index contributed by atoms with van der Waals surface area (Å²) in [5, 5.41) is 5.38. The quantitative estimate of drug-likeness (QED) is 0.153. The van der Waals surface area contributed by atoms with E-state index in [0.717, 1.165) is 0 Å². The summed E-state index contributed by atoms with van der Waals surface area (Å²) in [6.45, 7) is 62.8. The highest BCUT2D eigenvalue weighted by Gasteiger charge is 2.46. The van der Waals surface area contributed by atoms with Gasteiger partial charge in [0.25, 0.3) is 0 Å². The van der Waals surface area contributed by atoms with Gasteiger partial charge in [-0.05, 0) is 172 Å². The fourth-order valence-electron chi connectivity index (χ4n) is 14.1. The molecule has 4 heteroatoms. The zero-order valence-electron chi connectivity index (χ0n) is 54.3. The summed E-state index contributed by atoms with van der Waals surface area (Å²) < 4.78 is 5.47. The van der Waals surface area contributed by atoms with Crippen molar-refractivity contribution in [1.82, 2.24) is 9.13 Å². The lowest BCUT2D eigenvalue weighted by atomic mass is 9.30. The third-order valence-corrected chi connectivity index (χ3v) is 18.6. The molecule has 11 rings (SSSR count). The minimum atomic E-state index is -0.158. The molecule has 0 spiro atoms. The van der Waals surface area contributed by atoms with Gasteiger partial charge < -0.3 is 9.13 Å². The lowest BCUT2D eigenvalue weighted by molar-refractivity contribution is 0.552. The molecule has 0 unspecified atom stereocenters. The Morgan fingerprint density at radius 1 is 0.275 bits per heavy atom. The van der Waals surface area contributed by atoms with Crippen LogP contribution in [0, 0.1) is 13.8 Å². The van der Waals surface area contributed by atoms with Gasteiger partial charge in [0, 0.05) is 44.0 Å². The minimum Gasteiger partial charge on any atom is -0.310 e. The number of benzene rings is 7. The van der Waals surface area contributed by atoms with Crippen molar-refractivity contribution in [2.75, 3.05) is 0 Å². The van der Waals surface area contributed by atoms with E-state index in [2.05, 4.69) is 286 Å². The van der Waals surface area contributed by atoms with Crippen LogP contribution >= 0.6 is 0 Å². The average Bonchev–Trinajstić information content (AvgIpc) is 3.91. The minimum absolute atomic E-state index is 0.0386. The van der Waals surface area contributed by atoms with E-state index in [-0.39, 0.29) is 56.7 Å². The first-order chi connectivity index (χ1) is 36.6. The number of hydrogen-bond acceptors (Lipinski definition) is 0. The Labute approximate surface area is 483 Å². The van der Waals surface area contributed by atoms with Crippen LogP contribution in [0.25, 0.3) is 55.0 Å². The van der Waals surface area contributed by atoms with Crippen molar-refractivity contribution in [1.29, 1.82) is 0 Å². The second-order valence-electron chi connectivity index (χ2n) is 33.4. The van der Waals surface area contributed by atoms with E-state index in [1.807, 2.05) is 0 Å². The molecule has 7 aromatic carbocycles. The molecule has 414 valence electrons.